The highest BCUT2D eigenvalue weighted by Gasteiger charge is 2.42. The Kier molecular flexibility index (Phi) is 0.933. The van der Waals surface area contributed by atoms with Crippen molar-refractivity contribution in [1.82, 2.24) is 0 Å². The van der Waals surface area contributed by atoms with Crippen LogP contribution in [0.25, 0.3) is 0 Å². The van der Waals surface area contributed by atoms with E-state index >= 15 is 0 Å². The standard InChI is InChI=1S/C4H9PS/c1-4(6)3-5(4)2/h6H,3H2,1-2H3/t4-,5+/m0/s1. The first-order chi connectivity index (χ1) is 2.63. The van der Waals surface area contributed by atoms with Crippen LogP contribution in [-0.2, 0) is 0 Å². The van der Waals surface area contributed by atoms with Crippen LogP contribution in [0.3, 0.4) is 0 Å². The van der Waals surface area contributed by atoms with Gasteiger partial charge in [-0.25, -0.2) is 0 Å². The topological polar surface area (TPSA) is 0 Å². The summed E-state index contributed by atoms with van der Waals surface area (Å²) in [5, 5.41) is 0. The highest BCUT2D eigenvalue weighted by atomic mass is 32.1. The van der Waals surface area contributed by atoms with E-state index in [9.17, 15) is 0 Å². The van der Waals surface area contributed by atoms with Gasteiger partial charge in [0, 0.05) is 4.49 Å². The molecule has 0 aromatic heterocycles. The van der Waals surface area contributed by atoms with E-state index in [0.717, 1.165) is 0 Å². The minimum atomic E-state index is 0.351. The van der Waals surface area contributed by atoms with Gasteiger partial charge in [0.1, 0.15) is 0 Å². The fourth-order valence-electron chi connectivity index (χ4n) is 0.414. The van der Waals surface area contributed by atoms with Crippen LogP contribution in [0.5, 0.6) is 0 Å². The number of rotatable bonds is 0. The molecule has 1 saturated heterocycles. The molecule has 36 valence electrons. The lowest BCUT2D eigenvalue weighted by molar-refractivity contribution is 1.17. The SMILES string of the molecule is C[P@]1C[C@]1(C)S. The summed E-state index contributed by atoms with van der Waals surface area (Å²) < 4.78 is 0.468. The van der Waals surface area contributed by atoms with Crippen molar-refractivity contribution in [2.45, 2.75) is 11.4 Å². The van der Waals surface area contributed by atoms with Gasteiger partial charge in [-0.05, 0) is 19.8 Å². The summed E-state index contributed by atoms with van der Waals surface area (Å²) in [6, 6.07) is 0. The largest absolute Gasteiger partial charge is 0.168 e. The zero-order valence-electron chi connectivity index (χ0n) is 4.10. The third kappa shape index (κ3) is 0.714. The van der Waals surface area contributed by atoms with E-state index in [2.05, 4.69) is 26.2 Å². The molecular weight excluding hydrogens is 111 g/mol. The van der Waals surface area contributed by atoms with Crippen molar-refractivity contribution in [2.75, 3.05) is 12.8 Å². The van der Waals surface area contributed by atoms with Gasteiger partial charge >= 0.3 is 0 Å². The molecule has 0 unspecified atom stereocenters. The maximum absolute atomic E-state index is 4.36. The Morgan fingerprint density at radius 1 is 1.83 bits per heavy atom. The number of hydrogen-bond acceptors (Lipinski definition) is 1. The lowest BCUT2D eigenvalue weighted by Crippen LogP contribution is -1.83. The summed E-state index contributed by atoms with van der Waals surface area (Å²) in [5.41, 5.74) is 0. The molecule has 0 amide bonds. The molecular formula is C4H9PS. The summed E-state index contributed by atoms with van der Waals surface area (Å²) in [6.45, 7) is 4.50. The van der Waals surface area contributed by atoms with Crippen LogP contribution in [0.2, 0.25) is 0 Å². The van der Waals surface area contributed by atoms with Crippen LogP contribution in [-0.4, -0.2) is 17.3 Å². The quantitative estimate of drug-likeness (QED) is 0.365. The molecule has 0 N–H and O–H groups in total. The summed E-state index contributed by atoms with van der Waals surface area (Å²) in [6.07, 6.45) is 1.37. The molecule has 0 aromatic rings. The van der Waals surface area contributed by atoms with Crippen LogP contribution in [0.1, 0.15) is 6.92 Å². The fourth-order valence-corrected chi connectivity index (χ4v) is 2.30. The molecule has 1 aliphatic heterocycles. The Morgan fingerprint density at radius 2 is 2.00 bits per heavy atom. The highest BCUT2D eigenvalue weighted by Crippen LogP contribution is 2.67. The van der Waals surface area contributed by atoms with Crippen molar-refractivity contribution in [3.05, 3.63) is 0 Å². The van der Waals surface area contributed by atoms with Crippen molar-refractivity contribution >= 4 is 20.6 Å². The van der Waals surface area contributed by atoms with E-state index in [1.165, 1.54) is 6.16 Å². The smallest absolute Gasteiger partial charge is 0.0336 e. The van der Waals surface area contributed by atoms with Gasteiger partial charge in [0.15, 0.2) is 0 Å². The van der Waals surface area contributed by atoms with Crippen LogP contribution in [0.15, 0.2) is 0 Å². The first-order valence-electron chi connectivity index (χ1n) is 2.06. The summed E-state index contributed by atoms with van der Waals surface area (Å²) >= 11 is 4.36. The first kappa shape index (κ1) is 4.93. The molecule has 1 rings (SSSR count). The molecule has 1 heterocycles. The molecule has 1 aliphatic rings. The van der Waals surface area contributed by atoms with Crippen molar-refractivity contribution < 1.29 is 0 Å². The van der Waals surface area contributed by atoms with E-state index in [4.69, 9.17) is 0 Å². The van der Waals surface area contributed by atoms with E-state index in [0.29, 0.717) is 12.4 Å². The van der Waals surface area contributed by atoms with Crippen molar-refractivity contribution in [1.29, 1.82) is 0 Å². The molecule has 0 spiro atoms. The minimum absolute atomic E-state index is 0.351. The lowest BCUT2D eigenvalue weighted by atomic mass is 10.6. The van der Waals surface area contributed by atoms with Crippen LogP contribution in [0.4, 0.5) is 0 Å². The summed E-state index contributed by atoms with van der Waals surface area (Å²) in [7, 11) is 0.351. The zero-order valence-corrected chi connectivity index (χ0v) is 5.89. The van der Waals surface area contributed by atoms with E-state index < -0.39 is 0 Å². The van der Waals surface area contributed by atoms with Crippen LogP contribution < -0.4 is 0 Å². The normalized spacial score (nSPS) is 55.5. The van der Waals surface area contributed by atoms with Gasteiger partial charge in [-0.15, -0.1) is 0 Å². The maximum Gasteiger partial charge on any atom is 0.0336 e. The molecule has 1 fully saturated rings. The highest BCUT2D eigenvalue weighted by molar-refractivity contribution is 7.96. The van der Waals surface area contributed by atoms with Gasteiger partial charge in [-0.2, -0.15) is 12.6 Å². The van der Waals surface area contributed by atoms with Crippen LogP contribution >= 0.6 is 20.6 Å². The predicted molar refractivity (Wildman–Crippen MR) is 35.1 cm³/mol. The van der Waals surface area contributed by atoms with Gasteiger partial charge in [-0.1, -0.05) is 7.92 Å². The van der Waals surface area contributed by atoms with E-state index in [1.54, 1.807) is 0 Å². The van der Waals surface area contributed by atoms with Crippen molar-refractivity contribution in [3.63, 3.8) is 0 Å². The molecule has 0 radical (unpaired) electrons. The second-order valence-corrected chi connectivity index (χ2v) is 6.11. The molecule has 0 saturated carbocycles. The van der Waals surface area contributed by atoms with Gasteiger partial charge in [-0.3, -0.25) is 0 Å². The molecule has 0 aliphatic carbocycles. The summed E-state index contributed by atoms with van der Waals surface area (Å²) in [5.74, 6) is 0. The Balaban J connectivity index is 2.41. The van der Waals surface area contributed by atoms with E-state index in [-0.39, 0.29) is 0 Å². The first-order valence-corrected chi connectivity index (χ1v) is 4.49. The van der Waals surface area contributed by atoms with Gasteiger partial charge in [0.2, 0.25) is 0 Å². The molecule has 0 nitrogen and oxygen atoms in total. The molecule has 2 heteroatoms. The van der Waals surface area contributed by atoms with Gasteiger partial charge in [0.25, 0.3) is 0 Å². The fraction of sp³-hybridized carbons (Fsp3) is 1.00. The van der Waals surface area contributed by atoms with E-state index in [1.807, 2.05) is 0 Å². The van der Waals surface area contributed by atoms with Crippen LogP contribution in [0, 0.1) is 0 Å². The third-order valence-electron chi connectivity index (χ3n) is 1.26. The summed E-state index contributed by atoms with van der Waals surface area (Å²) in [4.78, 5) is 0. The second-order valence-electron chi connectivity index (χ2n) is 2.07. The Morgan fingerprint density at radius 3 is 2.00 bits per heavy atom. The third-order valence-corrected chi connectivity index (χ3v) is 5.22. The average molecular weight is 120 g/mol. The maximum atomic E-state index is 4.36. The molecule has 6 heavy (non-hydrogen) atoms. The Bertz CT molecular complexity index is 69.9. The predicted octanol–water partition coefficient (Wildman–Crippen LogP) is 1.76. The minimum Gasteiger partial charge on any atom is -0.168 e. The molecule has 0 bridgehead atoms. The van der Waals surface area contributed by atoms with Gasteiger partial charge < -0.3 is 0 Å². The number of hydrogen-bond donors (Lipinski definition) is 1. The average Bonchev–Trinajstić information content (AvgIpc) is 1.73. The molecule has 2 atom stereocenters. The monoisotopic (exact) mass is 120 g/mol. The lowest BCUT2D eigenvalue weighted by Gasteiger charge is -1.90. The zero-order chi connectivity index (χ0) is 4.78. The Hall–Kier alpha value is 0.780. The van der Waals surface area contributed by atoms with Crippen molar-refractivity contribution in [3.8, 4) is 0 Å². The number of thiol groups is 1. The van der Waals surface area contributed by atoms with Gasteiger partial charge in [0.05, 0.1) is 0 Å². The van der Waals surface area contributed by atoms with Crippen molar-refractivity contribution in [2.24, 2.45) is 0 Å². The second kappa shape index (κ2) is 1.14. The Labute approximate surface area is 45.5 Å². The molecule has 0 aromatic carbocycles.